The Balaban J connectivity index is 2.88. The number of hydroxylamine groups is 1. The minimum absolute atomic E-state index is 0.618. The minimum atomic E-state index is -0.635. The van der Waals surface area contributed by atoms with Gasteiger partial charge < -0.3 is 5.73 Å². The van der Waals surface area contributed by atoms with Gasteiger partial charge in [0.05, 0.1) is 12.8 Å². The van der Waals surface area contributed by atoms with Gasteiger partial charge in [-0.05, 0) is 12.1 Å². The molecule has 0 radical (unpaired) electrons. The van der Waals surface area contributed by atoms with Gasteiger partial charge in [-0.25, -0.2) is 4.79 Å². The van der Waals surface area contributed by atoms with Crippen LogP contribution in [0, 0.1) is 0 Å². The quantitative estimate of drug-likeness (QED) is 0.669. The van der Waals surface area contributed by atoms with E-state index in [9.17, 15) is 4.79 Å². The van der Waals surface area contributed by atoms with Gasteiger partial charge in [-0.2, -0.15) is 5.06 Å². The molecule has 64 valence electrons. The van der Waals surface area contributed by atoms with Crippen molar-refractivity contribution in [3.63, 3.8) is 0 Å². The molecule has 0 aliphatic carbocycles. The Labute approximate surface area is 70.5 Å². The molecule has 0 saturated carbocycles. The second-order valence-corrected chi connectivity index (χ2v) is 2.15. The highest BCUT2D eigenvalue weighted by atomic mass is 16.7. The van der Waals surface area contributed by atoms with E-state index in [1.54, 1.807) is 24.3 Å². The zero-order chi connectivity index (χ0) is 8.97. The summed E-state index contributed by atoms with van der Waals surface area (Å²) in [4.78, 5) is 15.5. The molecule has 0 aromatic heterocycles. The molecule has 2 amide bonds. The van der Waals surface area contributed by atoms with Crippen molar-refractivity contribution in [3.8, 4) is 0 Å². The van der Waals surface area contributed by atoms with Crippen molar-refractivity contribution in [1.82, 2.24) is 0 Å². The number of carbonyl (C=O) groups is 1. The van der Waals surface area contributed by atoms with Gasteiger partial charge in [0.15, 0.2) is 0 Å². The molecule has 12 heavy (non-hydrogen) atoms. The van der Waals surface area contributed by atoms with Gasteiger partial charge in [-0.1, -0.05) is 18.2 Å². The maximum absolute atomic E-state index is 10.8. The van der Waals surface area contributed by atoms with Crippen molar-refractivity contribution < 1.29 is 9.63 Å². The summed E-state index contributed by atoms with van der Waals surface area (Å²) in [6, 6.07) is 8.26. The van der Waals surface area contributed by atoms with Crippen LogP contribution in [0.15, 0.2) is 30.3 Å². The third-order valence-electron chi connectivity index (χ3n) is 1.37. The smallest absolute Gasteiger partial charge is 0.343 e. The first kappa shape index (κ1) is 8.55. The Morgan fingerprint density at radius 1 is 1.42 bits per heavy atom. The van der Waals surface area contributed by atoms with E-state index >= 15 is 0 Å². The molecular formula is C8H10N2O2. The summed E-state index contributed by atoms with van der Waals surface area (Å²) in [5, 5.41) is 1.01. The maximum Gasteiger partial charge on any atom is 0.343 e. The highest BCUT2D eigenvalue weighted by molar-refractivity contribution is 5.88. The number of hydrogen-bond donors (Lipinski definition) is 1. The van der Waals surface area contributed by atoms with Gasteiger partial charge >= 0.3 is 6.03 Å². The summed E-state index contributed by atoms with van der Waals surface area (Å²) in [6.45, 7) is 0. The zero-order valence-corrected chi connectivity index (χ0v) is 6.73. The molecule has 0 bridgehead atoms. The number of nitrogens with two attached hydrogens (primary N) is 1. The average Bonchev–Trinajstić information content (AvgIpc) is 2.07. The highest BCUT2D eigenvalue weighted by Crippen LogP contribution is 2.11. The fraction of sp³-hybridized carbons (Fsp3) is 0.125. The third-order valence-corrected chi connectivity index (χ3v) is 1.37. The van der Waals surface area contributed by atoms with Gasteiger partial charge in [-0.3, -0.25) is 4.84 Å². The van der Waals surface area contributed by atoms with Crippen molar-refractivity contribution in [2.24, 2.45) is 5.73 Å². The predicted octanol–water partition coefficient (Wildman–Crippen LogP) is 1.13. The Morgan fingerprint density at radius 2 is 2.00 bits per heavy atom. The fourth-order valence-corrected chi connectivity index (χ4v) is 0.886. The van der Waals surface area contributed by atoms with E-state index < -0.39 is 6.03 Å². The fourth-order valence-electron chi connectivity index (χ4n) is 0.886. The summed E-state index contributed by atoms with van der Waals surface area (Å²) >= 11 is 0. The van der Waals surface area contributed by atoms with Crippen LogP contribution in [0.4, 0.5) is 10.5 Å². The van der Waals surface area contributed by atoms with Crippen LogP contribution in [-0.4, -0.2) is 13.1 Å². The van der Waals surface area contributed by atoms with Crippen molar-refractivity contribution in [1.29, 1.82) is 0 Å². The SMILES string of the molecule is CON(C(N)=O)c1ccccc1. The number of carbonyl (C=O) groups excluding carboxylic acids is 1. The molecule has 0 aliphatic rings. The van der Waals surface area contributed by atoms with E-state index in [-0.39, 0.29) is 0 Å². The molecule has 2 N–H and O–H groups in total. The number of urea groups is 1. The third kappa shape index (κ3) is 1.73. The summed E-state index contributed by atoms with van der Waals surface area (Å²) < 4.78 is 0. The molecule has 1 rings (SSSR count). The largest absolute Gasteiger partial charge is 0.349 e. The van der Waals surface area contributed by atoms with Gasteiger partial charge in [0.1, 0.15) is 0 Å². The molecule has 1 aromatic carbocycles. The highest BCUT2D eigenvalue weighted by Gasteiger charge is 2.09. The lowest BCUT2D eigenvalue weighted by atomic mass is 10.3. The Hall–Kier alpha value is -1.55. The summed E-state index contributed by atoms with van der Waals surface area (Å²) in [6.07, 6.45) is 0. The number of anilines is 1. The molecule has 0 spiro atoms. The van der Waals surface area contributed by atoms with Crippen LogP contribution in [0.3, 0.4) is 0 Å². The van der Waals surface area contributed by atoms with E-state index in [2.05, 4.69) is 0 Å². The van der Waals surface area contributed by atoms with E-state index in [0.29, 0.717) is 5.69 Å². The monoisotopic (exact) mass is 166 g/mol. The maximum atomic E-state index is 10.8. The van der Waals surface area contributed by atoms with Crippen LogP contribution in [0.2, 0.25) is 0 Å². The van der Waals surface area contributed by atoms with Gasteiger partial charge in [-0.15, -0.1) is 0 Å². The van der Waals surface area contributed by atoms with E-state index in [1.807, 2.05) is 6.07 Å². The van der Waals surface area contributed by atoms with E-state index in [1.165, 1.54) is 7.11 Å². The first-order valence-corrected chi connectivity index (χ1v) is 3.44. The van der Waals surface area contributed by atoms with Gasteiger partial charge in [0.25, 0.3) is 0 Å². The second kappa shape index (κ2) is 3.73. The molecule has 0 saturated heterocycles. The second-order valence-electron chi connectivity index (χ2n) is 2.15. The summed E-state index contributed by atoms with van der Waals surface area (Å²) in [5.74, 6) is 0. The number of rotatable bonds is 2. The van der Waals surface area contributed by atoms with Crippen molar-refractivity contribution in [2.75, 3.05) is 12.2 Å². The molecule has 0 atom stereocenters. The van der Waals surface area contributed by atoms with E-state index in [0.717, 1.165) is 5.06 Å². The van der Waals surface area contributed by atoms with E-state index in [4.69, 9.17) is 10.6 Å². The first-order valence-electron chi connectivity index (χ1n) is 3.44. The lowest BCUT2D eigenvalue weighted by molar-refractivity contribution is 0.168. The summed E-state index contributed by atoms with van der Waals surface area (Å²) in [7, 11) is 1.39. The van der Waals surface area contributed by atoms with Gasteiger partial charge in [0, 0.05) is 0 Å². The predicted molar refractivity (Wildman–Crippen MR) is 45.5 cm³/mol. The number of para-hydroxylation sites is 1. The number of amides is 2. The lowest BCUT2D eigenvalue weighted by Crippen LogP contribution is -2.34. The number of benzene rings is 1. The Morgan fingerprint density at radius 3 is 2.42 bits per heavy atom. The van der Waals surface area contributed by atoms with Gasteiger partial charge in [0.2, 0.25) is 0 Å². The van der Waals surface area contributed by atoms with Crippen LogP contribution < -0.4 is 10.8 Å². The van der Waals surface area contributed by atoms with Crippen LogP contribution in [0.25, 0.3) is 0 Å². The number of hydrogen-bond acceptors (Lipinski definition) is 2. The number of primary amides is 1. The Bertz CT molecular complexity index is 261. The molecule has 1 aromatic rings. The lowest BCUT2D eigenvalue weighted by Gasteiger charge is -2.16. The van der Waals surface area contributed by atoms with Crippen LogP contribution >= 0.6 is 0 Å². The molecule has 0 heterocycles. The minimum Gasteiger partial charge on any atom is -0.349 e. The normalized spacial score (nSPS) is 9.42. The van der Waals surface area contributed by atoms with Crippen molar-refractivity contribution in [2.45, 2.75) is 0 Å². The van der Waals surface area contributed by atoms with Crippen LogP contribution in [0.5, 0.6) is 0 Å². The average molecular weight is 166 g/mol. The Kier molecular flexibility index (Phi) is 2.66. The molecule has 0 unspecified atom stereocenters. The standard InChI is InChI=1S/C8H10N2O2/c1-12-10(8(9)11)7-5-3-2-4-6-7/h2-6H,1H3,(H2,9,11). The van der Waals surface area contributed by atoms with Crippen LogP contribution in [0.1, 0.15) is 0 Å². The van der Waals surface area contributed by atoms with Crippen molar-refractivity contribution in [3.05, 3.63) is 30.3 Å². The zero-order valence-electron chi connectivity index (χ0n) is 6.73. The molecule has 4 nitrogen and oxygen atoms in total. The summed E-state index contributed by atoms with van der Waals surface area (Å²) in [5.41, 5.74) is 5.66. The first-order chi connectivity index (χ1) is 5.75. The molecule has 0 aliphatic heterocycles. The molecule has 4 heteroatoms. The van der Waals surface area contributed by atoms with Crippen molar-refractivity contribution >= 4 is 11.7 Å². The number of nitrogens with zero attached hydrogens (tertiary/aromatic N) is 1. The van der Waals surface area contributed by atoms with Crippen LogP contribution in [-0.2, 0) is 4.84 Å². The molecular weight excluding hydrogens is 156 g/mol. The topological polar surface area (TPSA) is 55.6 Å². The molecule has 0 fully saturated rings.